The molecule has 150 valence electrons. The van der Waals surface area contributed by atoms with E-state index in [4.69, 9.17) is 0 Å². The molecule has 1 aliphatic carbocycles. The summed E-state index contributed by atoms with van der Waals surface area (Å²) in [5, 5.41) is 21.0. The molecule has 0 spiro atoms. The number of phenolic OH excluding ortho intramolecular Hbond substituents is 2. The molecule has 2 N–H and O–H groups in total. The van der Waals surface area contributed by atoms with Gasteiger partial charge in [0.25, 0.3) is 0 Å². The van der Waals surface area contributed by atoms with Crippen LogP contribution in [0.25, 0.3) is 0 Å². The van der Waals surface area contributed by atoms with Gasteiger partial charge in [-0.2, -0.15) is 0 Å². The second kappa shape index (κ2) is 8.08. The molecule has 0 heterocycles. The van der Waals surface area contributed by atoms with Gasteiger partial charge < -0.3 is 10.2 Å². The molecule has 4 nitrogen and oxygen atoms in total. The number of rotatable bonds is 5. The number of fused-ring (bicyclic) bond motifs is 2. The summed E-state index contributed by atoms with van der Waals surface area (Å²) in [6.07, 6.45) is 6.57. The Morgan fingerprint density at radius 3 is 2.34 bits per heavy atom. The highest BCUT2D eigenvalue weighted by Gasteiger charge is 2.35. The Bertz CT molecular complexity index is 1070. The highest BCUT2D eigenvalue weighted by atomic mass is 16.3. The minimum absolute atomic E-state index is 0.0188. The van der Waals surface area contributed by atoms with E-state index in [0.717, 1.165) is 12.8 Å². The van der Waals surface area contributed by atoms with Gasteiger partial charge in [0.2, 0.25) is 5.78 Å². The molecule has 0 saturated heterocycles. The number of hydrogen-bond acceptors (Lipinski definition) is 4. The van der Waals surface area contributed by atoms with E-state index in [1.807, 2.05) is 13.0 Å². The van der Waals surface area contributed by atoms with E-state index in [1.165, 1.54) is 17.2 Å². The van der Waals surface area contributed by atoms with Crippen molar-refractivity contribution >= 4 is 11.6 Å². The summed E-state index contributed by atoms with van der Waals surface area (Å²) < 4.78 is 0. The van der Waals surface area contributed by atoms with E-state index >= 15 is 0 Å². The Kier molecular flexibility index (Phi) is 5.73. The van der Waals surface area contributed by atoms with E-state index < -0.39 is 5.78 Å². The van der Waals surface area contributed by atoms with Crippen LogP contribution in [0.5, 0.6) is 11.5 Å². The van der Waals surface area contributed by atoms with Crippen molar-refractivity contribution in [1.29, 1.82) is 0 Å². The monoisotopic (exact) mass is 390 g/mol. The molecule has 2 aromatic carbocycles. The van der Waals surface area contributed by atoms with Crippen LogP contribution in [0.3, 0.4) is 0 Å². The number of phenols is 2. The van der Waals surface area contributed by atoms with Crippen LogP contribution in [0, 0.1) is 6.92 Å². The van der Waals surface area contributed by atoms with Crippen molar-refractivity contribution in [2.24, 2.45) is 0 Å². The largest absolute Gasteiger partial charge is 0.507 e. The molecule has 3 rings (SSSR count). The lowest BCUT2D eigenvalue weighted by atomic mass is 9.81. The predicted molar refractivity (Wildman–Crippen MR) is 114 cm³/mol. The van der Waals surface area contributed by atoms with E-state index in [2.05, 4.69) is 19.9 Å². The van der Waals surface area contributed by atoms with Crippen molar-refractivity contribution in [2.45, 2.75) is 47.0 Å². The number of aryl methyl sites for hydroxylation is 1. The van der Waals surface area contributed by atoms with Crippen molar-refractivity contribution in [2.75, 3.05) is 0 Å². The first-order valence-corrected chi connectivity index (χ1v) is 9.77. The van der Waals surface area contributed by atoms with Crippen LogP contribution in [-0.4, -0.2) is 21.8 Å². The smallest absolute Gasteiger partial charge is 0.201 e. The second-order valence-corrected chi connectivity index (χ2v) is 7.94. The predicted octanol–water partition coefficient (Wildman–Crippen LogP) is 5.42. The lowest BCUT2D eigenvalue weighted by Gasteiger charge is -2.21. The summed E-state index contributed by atoms with van der Waals surface area (Å²) in [5.41, 5.74) is 4.07. The standard InChI is InChI=1S/C25H26O4/c1-14(2)6-5-7-15(3)8-9-17-10-11-18-22(23(17)27)25(29)21-19(24(18)28)12-16(4)13-20(21)26/h6,8,10-13,26-27H,5,7,9H2,1-4H3/b15-8+. The summed E-state index contributed by atoms with van der Waals surface area (Å²) in [5.74, 6) is -1.29. The molecule has 4 heteroatoms. The van der Waals surface area contributed by atoms with Crippen molar-refractivity contribution in [3.05, 3.63) is 80.9 Å². The van der Waals surface area contributed by atoms with Gasteiger partial charge in [-0.05, 0) is 76.3 Å². The molecule has 0 fully saturated rings. The molecular formula is C25H26O4. The Labute approximate surface area is 171 Å². The molecule has 0 aliphatic heterocycles. The van der Waals surface area contributed by atoms with Crippen LogP contribution in [0.1, 0.15) is 76.6 Å². The third kappa shape index (κ3) is 4.02. The zero-order chi connectivity index (χ0) is 21.3. The fourth-order valence-electron chi connectivity index (χ4n) is 3.65. The molecule has 29 heavy (non-hydrogen) atoms. The zero-order valence-electron chi connectivity index (χ0n) is 17.3. The molecular weight excluding hydrogens is 364 g/mol. The number of benzene rings is 2. The van der Waals surface area contributed by atoms with Gasteiger partial charge >= 0.3 is 0 Å². The van der Waals surface area contributed by atoms with Crippen molar-refractivity contribution in [1.82, 2.24) is 0 Å². The summed E-state index contributed by atoms with van der Waals surface area (Å²) in [7, 11) is 0. The Morgan fingerprint density at radius 1 is 0.931 bits per heavy atom. The average Bonchev–Trinajstić information content (AvgIpc) is 2.64. The van der Waals surface area contributed by atoms with E-state index in [1.54, 1.807) is 25.1 Å². The van der Waals surface area contributed by atoms with Crippen LogP contribution in [0.4, 0.5) is 0 Å². The summed E-state index contributed by atoms with van der Waals surface area (Å²) in [6, 6.07) is 6.34. The van der Waals surface area contributed by atoms with Crippen LogP contribution in [0.15, 0.2) is 47.6 Å². The lowest BCUT2D eigenvalue weighted by Crippen LogP contribution is -2.22. The van der Waals surface area contributed by atoms with E-state index in [9.17, 15) is 19.8 Å². The average molecular weight is 390 g/mol. The maximum Gasteiger partial charge on any atom is 0.201 e. The summed E-state index contributed by atoms with van der Waals surface area (Å²) >= 11 is 0. The molecule has 0 atom stereocenters. The first kappa shape index (κ1) is 20.6. The maximum atomic E-state index is 13.0. The fraction of sp³-hybridized carbons (Fsp3) is 0.280. The lowest BCUT2D eigenvalue weighted by molar-refractivity contribution is 0.0974. The quantitative estimate of drug-likeness (QED) is 0.571. The molecule has 0 unspecified atom stereocenters. The van der Waals surface area contributed by atoms with Gasteiger partial charge in [0.15, 0.2) is 5.78 Å². The number of hydrogen-bond donors (Lipinski definition) is 2. The molecule has 2 aromatic rings. The van der Waals surface area contributed by atoms with Crippen LogP contribution < -0.4 is 0 Å². The van der Waals surface area contributed by atoms with Crippen LogP contribution in [0.2, 0.25) is 0 Å². The first-order valence-electron chi connectivity index (χ1n) is 9.77. The minimum Gasteiger partial charge on any atom is -0.507 e. The zero-order valence-corrected chi connectivity index (χ0v) is 17.3. The van der Waals surface area contributed by atoms with Crippen LogP contribution in [-0.2, 0) is 6.42 Å². The number of carbonyl (C=O) groups excluding carboxylic acids is 2. The highest BCUT2D eigenvalue weighted by Crippen LogP contribution is 2.38. The Hall–Kier alpha value is -3.14. The Morgan fingerprint density at radius 2 is 1.66 bits per heavy atom. The third-order valence-electron chi connectivity index (χ3n) is 5.23. The molecule has 0 radical (unpaired) electrons. The maximum absolute atomic E-state index is 13.0. The molecule has 0 aromatic heterocycles. The topological polar surface area (TPSA) is 74.6 Å². The molecule has 0 bridgehead atoms. The molecule has 1 aliphatic rings. The summed E-state index contributed by atoms with van der Waals surface area (Å²) in [6.45, 7) is 7.93. The second-order valence-electron chi connectivity index (χ2n) is 7.94. The normalized spacial score (nSPS) is 13.2. The fourth-order valence-corrected chi connectivity index (χ4v) is 3.65. The van der Waals surface area contributed by atoms with Crippen LogP contribution >= 0.6 is 0 Å². The van der Waals surface area contributed by atoms with Gasteiger partial charge in [0, 0.05) is 11.1 Å². The van der Waals surface area contributed by atoms with Crippen molar-refractivity contribution in [3.8, 4) is 11.5 Å². The third-order valence-corrected chi connectivity index (χ3v) is 5.23. The van der Waals surface area contributed by atoms with Gasteiger partial charge in [0.05, 0.1) is 11.1 Å². The number of carbonyl (C=O) groups is 2. The van der Waals surface area contributed by atoms with E-state index in [0.29, 0.717) is 17.5 Å². The van der Waals surface area contributed by atoms with Gasteiger partial charge in [-0.25, -0.2) is 0 Å². The number of ketones is 2. The van der Waals surface area contributed by atoms with Gasteiger partial charge in [-0.3, -0.25) is 9.59 Å². The van der Waals surface area contributed by atoms with Crippen molar-refractivity contribution < 1.29 is 19.8 Å². The Balaban J connectivity index is 1.94. The number of allylic oxidation sites excluding steroid dienone is 4. The van der Waals surface area contributed by atoms with Gasteiger partial charge in [-0.1, -0.05) is 29.4 Å². The number of aromatic hydroxyl groups is 2. The highest BCUT2D eigenvalue weighted by molar-refractivity contribution is 6.30. The van der Waals surface area contributed by atoms with Gasteiger partial charge in [-0.15, -0.1) is 0 Å². The van der Waals surface area contributed by atoms with Crippen molar-refractivity contribution in [3.63, 3.8) is 0 Å². The summed E-state index contributed by atoms with van der Waals surface area (Å²) in [4.78, 5) is 25.9. The SMILES string of the molecule is CC(C)=CCC/C(C)=C/Cc1ccc2c(c1O)C(=O)c1c(O)cc(C)cc1C2=O. The molecule has 0 amide bonds. The van der Waals surface area contributed by atoms with E-state index in [-0.39, 0.29) is 39.5 Å². The minimum atomic E-state index is -0.518. The molecule has 0 saturated carbocycles. The first-order chi connectivity index (χ1) is 13.7. The van der Waals surface area contributed by atoms with Gasteiger partial charge in [0.1, 0.15) is 11.5 Å².